The second-order valence-corrected chi connectivity index (χ2v) is 5.21. The minimum absolute atomic E-state index is 0.150. The van der Waals surface area contributed by atoms with Crippen molar-refractivity contribution in [3.63, 3.8) is 0 Å². The molecule has 104 valence electrons. The van der Waals surface area contributed by atoms with E-state index in [0.29, 0.717) is 19.4 Å². The number of carbonyl (C=O) groups is 2. The molecule has 0 aliphatic rings. The number of unbranched alkanes of at least 4 members (excludes halogenated alkanes) is 2. The van der Waals surface area contributed by atoms with Crippen LogP contribution in [0, 0.1) is 0 Å². The molecule has 0 heterocycles. The average Bonchev–Trinajstić information content (AvgIpc) is 2.38. The first kappa shape index (κ1) is 15.9. The van der Waals surface area contributed by atoms with Gasteiger partial charge in [-0.3, -0.25) is 9.59 Å². The van der Waals surface area contributed by atoms with Gasteiger partial charge in [-0.15, -0.1) is 0 Å². The lowest BCUT2D eigenvalue weighted by molar-refractivity contribution is -0.143. The SMILES string of the molecule is CCOC(=O)CCCCCC(=O)c1cccc(Br)c1. The number of carbonyl (C=O) groups excluding carboxylic acids is 2. The third kappa shape index (κ3) is 6.53. The van der Waals surface area contributed by atoms with Gasteiger partial charge in [-0.25, -0.2) is 0 Å². The summed E-state index contributed by atoms with van der Waals surface area (Å²) in [6.07, 6.45) is 3.44. The van der Waals surface area contributed by atoms with Crippen molar-refractivity contribution < 1.29 is 14.3 Å². The molecule has 0 fully saturated rings. The Morgan fingerprint density at radius 2 is 1.89 bits per heavy atom. The van der Waals surface area contributed by atoms with Crippen molar-refractivity contribution in [2.45, 2.75) is 39.0 Å². The van der Waals surface area contributed by atoms with Crippen LogP contribution >= 0.6 is 15.9 Å². The average molecular weight is 327 g/mol. The minimum Gasteiger partial charge on any atom is -0.466 e. The smallest absolute Gasteiger partial charge is 0.305 e. The fraction of sp³-hybridized carbons (Fsp3) is 0.467. The normalized spacial score (nSPS) is 10.2. The number of benzene rings is 1. The Labute approximate surface area is 122 Å². The predicted molar refractivity (Wildman–Crippen MR) is 78.2 cm³/mol. The molecule has 0 bridgehead atoms. The van der Waals surface area contributed by atoms with Crippen molar-refractivity contribution in [3.05, 3.63) is 34.3 Å². The lowest BCUT2D eigenvalue weighted by atomic mass is 10.0. The molecule has 1 rings (SSSR count). The van der Waals surface area contributed by atoms with Crippen LogP contribution in [0.5, 0.6) is 0 Å². The molecule has 0 aromatic heterocycles. The van der Waals surface area contributed by atoms with E-state index in [1.54, 1.807) is 6.92 Å². The fourth-order valence-corrected chi connectivity index (χ4v) is 2.17. The summed E-state index contributed by atoms with van der Waals surface area (Å²) in [5.74, 6) is -0.00162. The van der Waals surface area contributed by atoms with Crippen molar-refractivity contribution in [3.8, 4) is 0 Å². The van der Waals surface area contributed by atoms with Crippen LogP contribution in [0.1, 0.15) is 49.4 Å². The zero-order chi connectivity index (χ0) is 14.1. The molecule has 0 amide bonds. The van der Waals surface area contributed by atoms with E-state index in [1.807, 2.05) is 24.3 Å². The number of halogens is 1. The first-order chi connectivity index (χ1) is 9.13. The Morgan fingerprint density at radius 3 is 2.58 bits per heavy atom. The first-order valence-electron chi connectivity index (χ1n) is 6.58. The predicted octanol–water partition coefficient (Wildman–Crippen LogP) is 4.15. The Morgan fingerprint density at radius 1 is 1.16 bits per heavy atom. The van der Waals surface area contributed by atoms with Gasteiger partial charge < -0.3 is 4.74 Å². The van der Waals surface area contributed by atoms with Crippen LogP contribution in [0.4, 0.5) is 0 Å². The topological polar surface area (TPSA) is 43.4 Å². The number of hydrogen-bond donors (Lipinski definition) is 0. The molecular formula is C15H19BrO3. The summed E-state index contributed by atoms with van der Waals surface area (Å²) < 4.78 is 5.76. The van der Waals surface area contributed by atoms with Crippen molar-refractivity contribution in [1.82, 2.24) is 0 Å². The number of esters is 1. The van der Waals surface area contributed by atoms with Crippen LogP contribution in [0.25, 0.3) is 0 Å². The van der Waals surface area contributed by atoms with Crippen LogP contribution in [-0.2, 0) is 9.53 Å². The molecular weight excluding hydrogens is 308 g/mol. The summed E-state index contributed by atoms with van der Waals surface area (Å²) in [6.45, 7) is 2.23. The second-order valence-electron chi connectivity index (χ2n) is 4.30. The van der Waals surface area contributed by atoms with E-state index in [1.165, 1.54) is 0 Å². The third-order valence-corrected chi connectivity index (χ3v) is 3.23. The zero-order valence-corrected chi connectivity index (χ0v) is 12.7. The Bertz CT molecular complexity index is 429. The molecule has 4 heteroatoms. The molecule has 0 saturated heterocycles. The molecule has 0 unspecified atom stereocenters. The van der Waals surface area contributed by atoms with Gasteiger partial charge in [-0.1, -0.05) is 34.5 Å². The van der Waals surface area contributed by atoms with Crippen LogP contribution in [0.15, 0.2) is 28.7 Å². The van der Waals surface area contributed by atoms with Crippen LogP contribution in [0.3, 0.4) is 0 Å². The highest BCUT2D eigenvalue weighted by Gasteiger charge is 2.06. The number of Topliss-reactive ketones (excluding diaryl/α,β-unsaturated/α-hetero) is 1. The third-order valence-electron chi connectivity index (χ3n) is 2.74. The first-order valence-corrected chi connectivity index (χ1v) is 7.37. The van der Waals surface area contributed by atoms with E-state index in [2.05, 4.69) is 15.9 Å². The molecule has 0 atom stereocenters. The van der Waals surface area contributed by atoms with Gasteiger partial charge in [0, 0.05) is 22.9 Å². The van der Waals surface area contributed by atoms with Crippen molar-refractivity contribution in [1.29, 1.82) is 0 Å². The fourth-order valence-electron chi connectivity index (χ4n) is 1.77. The summed E-state index contributed by atoms with van der Waals surface area (Å²) in [6, 6.07) is 7.42. The second kappa shape index (κ2) is 8.86. The Hall–Kier alpha value is -1.16. The maximum Gasteiger partial charge on any atom is 0.305 e. The molecule has 0 aliphatic heterocycles. The highest BCUT2D eigenvalue weighted by atomic mass is 79.9. The van der Waals surface area contributed by atoms with E-state index in [0.717, 1.165) is 29.3 Å². The van der Waals surface area contributed by atoms with Gasteiger partial charge in [0.05, 0.1) is 6.61 Å². The Kier molecular flexibility index (Phi) is 7.41. The van der Waals surface area contributed by atoms with Crippen molar-refractivity contribution >= 4 is 27.7 Å². The van der Waals surface area contributed by atoms with Crippen LogP contribution in [-0.4, -0.2) is 18.4 Å². The maximum atomic E-state index is 11.9. The quantitative estimate of drug-likeness (QED) is 0.409. The highest BCUT2D eigenvalue weighted by Crippen LogP contribution is 2.15. The molecule has 3 nitrogen and oxygen atoms in total. The van der Waals surface area contributed by atoms with E-state index in [4.69, 9.17) is 4.74 Å². The number of ether oxygens (including phenoxy) is 1. The van der Waals surface area contributed by atoms with Gasteiger partial charge in [0.15, 0.2) is 5.78 Å². The van der Waals surface area contributed by atoms with E-state index in [-0.39, 0.29) is 11.8 Å². The van der Waals surface area contributed by atoms with Gasteiger partial charge in [0.2, 0.25) is 0 Å². The standard InChI is InChI=1S/C15H19BrO3/c1-2-19-15(18)10-5-3-4-9-14(17)12-7-6-8-13(16)11-12/h6-8,11H,2-5,9-10H2,1H3. The molecule has 0 aliphatic carbocycles. The van der Waals surface area contributed by atoms with E-state index < -0.39 is 0 Å². The molecule has 0 saturated carbocycles. The lowest BCUT2D eigenvalue weighted by Crippen LogP contribution is -2.03. The molecule has 1 aromatic rings. The van der Waals surface area contributed by atoms with Crippen molar-refractivity contribution in [2.75, 3.05) is 6.61 Å². The van der Waals surface area contributed by atoms with Crippen LogP contribution in [0.2, 0.25) is 0 Å². The molecule has 0 radical (unpaired) electrons. The van der Waals surface area contributed by atoms with Gasteiger partial charge >= 0.3 is 5.97 Å². The summed E-state index contributed by atoms with van der Waals surface area (Å²) >= 11 is 3.35. The summed E-state index contributed by atoms with van der Waals surface area (Å²) in [4.78, 5) is 23.0. The Balaban J connectivity index is 2.19. The van der Waals surface area contributed by atoms with Crippen molar-refractivity contribution in [2.24, 2.45) is 0 Å². The van der Waals surface area contributed by atoms with Crippen LogP contribution < -0.4 is 0 Å². The number of hydrogen-bond acceptors (Lipinski definition) is 3. The zero-order valence-electron chi connectivity index (χ0n) is 11.2. The highest BCUT2D eigenvalue weighted by molar-refractivity contribution is 9.10. The van der Waals surface area contributed by atoms with Gasteiger partial charge in [0.25, 0.3) is 0 Å². The molecule has 0 spiro atoms. The van der Waals surface area contributed by atoms with Gasteiger partial charge in [-0.05, 0) is 31.9 Å². The van der Waals surface area contributed by atoms with E-state index in [9.17, 15) is 9.59 Å². The molecule has 1 aromatic carbocycles. The summed E-state index contributed by atoms with van der Waals surface area (Å²) in [5.41, 5.74) is 0.736. The number of rotatable bonds is 8. The number of ketones is 1. The monoisotopic (exact) mass is 326 g/mol. The minimum atomic E-state index is -0.152. The maximum absolute atomic E-state index is 11.9. The lowest BCUT2D eigenvalue weighted by Gasteiger charge is -2.03. The molecule has 0 N–H and O–H groups in total. The van der Waals surface area contributed by atoms with Gasteiger partial charge in [0.1, 0.15) is 0 Å². The molecule has 19 heavy (non-hydrogen) atoms. The van der Waals surface area contributed by atoms with Gasteiger partial charge in [-0.2, -0.15) is 0 Å². The largest absolute Gasteiger partial charge is 0.466 e. The summed E-state index contributed by atoms with van der Waals surface area (Å²) in [7, 11) is 0. The summed E-state index contributed by atoms with van der Waals surface area (Å²) in [5, 5.41) is 0. The van der Waals surface area contributed by atoms with E-state index >= 15 is 0 Å².